The summed E-state index contributed by atoms with van der Waals surface area (Å²) < 4.78 is 5.57. The molecule has 2 rings (SSSR count). The topological polar surface area (TPSA) is 55.2 Å². The molecule has 0 atom stereocenters. The number of benzene rings is 1. The lowest BCUT2D eigenvalue weighted by atomic mass is 10.2. The Balaban J connectivity index is 2.60. The SMILES string of the molecule is CCc1c(Cl)nc(-c2cc(Br)c(O)c(OC)c2)nc1Cl. The molecule has 0 fully saturated rings. The molecule has 1 aromatic carbocycles. The second-order valence-corrected chi connectivity index (χ2v) is 5.54. The van der Waals surface area contributed by atoms with Gasteiger partial charge in [-0.15, -0.1) is 0 Å². The van der Waals surface area contributed by atoms with Crippen LogP contribution in [0.1, 0.15) is 12.5 Å². The van der Waals surface area contributed by atoms with Gasteiger partial charge in [-0.2, -0.15) is 0 Å². The van der Waals surface area contributed by atoms with E-state index in [0.717, 1.165) is 0 Å². The maximum Gasteiger partial charge on any atom is 0.172 e. The number of methoxy groups -OCH3 is 1. The number of halogens is 3. The molecule has 20 heavy (non-hydrogen) atoms. The van der Waals surface area contributed by atoms with Gasteiger partial charge in [-0.25, -0.2) is 9.97 Å². The minimum absolute atomic E-state index is 0.0126. The molecule has 0 saturated carbocycles. The summed E-state index contributed by atoms with van der Waals surface area (Å²) in [5, 5.41) is 10.4. The van der Waals surface area contributed by atoms with Crippen molar-refractivity contribution >= 4 is 39.1 Å². The van der Waals surface area contributed by atoms with Gasteiger partial charge in [-0.05, 0) is 34.5 Å². The van der Waals surface area contributed by atoms with Crippen LogP contribution in [0.25, 0.3) is 11.4 Å². The number of aromatic hydroxyl groups is 1. The van der Waals surface area contributed by atoms with E-state index in [2.05, 4.69) is 25.9 Å². The van der Waals surface area contributed by atoms with Crippen molar-refractivity contribution in [2.75, 3.05) is 7.11 Å². The van der Waals surface area contributed by atoms with Crippen molar-refractivity contribution in [3.63, 3.8) is 0 Å². The van der Waals surface area contributed by atoms with Crippen LogP contribution in [0.15, 0.2) is 16.6 Å². The highest BCUT2D eigenvalue weighted by Crippen LogP contribution is 2.38. The third-order valence-corrected chi connectivity index (χ3v) is 4.00. The number of aromatic nitrogens is 2. The summed E-state index contributed by atoms with van der Waals surface area (Å²) in [5.74, 6) is 0.694. The Bertz CT molecular complexity index is 642. The first kappa shape index (κ1) is 15.4. The zero-order valence-corrected chi connectivity index (χ0v) is 13.8. The Morgan fingerprint density at radius 2 is 1.85 bits per heavy atom. The first-order valence-electron chi connectivity index (χ1n) is 5.76. The van der Waals surface area contributed by atoms with E-state index < -0.39 is 0 Å². The molecule has 2 aromatic rings. The number of ether oxygens (including phenoxy) is 1. The van der Waals surface area contributed by atoms with E-state index in [1.165, 1.54) is 7.11 Å². The Labute approximate surface area is 134 Å². The van der Waals surface area contributed by atoms with Crippen LogP contribution in [0, 0.1) is 0 Å². The fraction of sp³-hybridized carbons (Fsp3) is 0.231. The van der Waals surface area contributed by atoms with Gasteiger partial charge in [0.2, 0.25) is 0 Å². The predicted molar refractivity (Wildman–Crippen MR) is 82.8 cm³/mol. The standard InChI is InChI=1S/C13H11BrCl2N2O2/c1-3-7-11(15)17-13(18-12(7)16)6-4-8(14)10(19)9(5-6)20-2/h4-5,19H,3H2,1-2H3. The molecule has 7 heteroatoms. The maximum absolute atomic E-state index is 9.80. The van der Waals surface area contributed by atoms with Gasteiger partial charge in [0.05, 0.1) is 11.6 Å². The average Bonchev–Trinajstić information content (AvgIpc) is 2.41. The lowest BCUT2D eigenvalue weighted by molar-refractivity contribution is 0.372. The average molecular weight is 378 g/mol. The van der Waals surface area contributed by atoms with Crippen LogP contribution in [0.3, 0.4) is 0 Å². The fourth-order valence-corrected chi connectivity index (χ4v) is 2.81. The van der Waals surface area contributed by atoms with E-state index in [-0.39, 0.29) is 5.75 Å². The zero-order chi connectivity index (χ0) is 14.9. The Morgan fingerprint density at radius 3 is 2.35 bits per heavy atom. The predicted octanol–water partition coefficient (Wildman–Crippen LogP) is 4.49. The van der Waals surface area contributed by atoms with Gasteiger partial charge in [0.15, 0.2) is 17.3 Å². The van der Waals surface area contributed by atoms with Gasteiger partial charge in [0.25, 0.3) is 0 Å². The molecule has 0 bridgehead atoms. The second-order valence-electron chi connectivity index (χ2n) is 3.97. The van der Waals surface area contributed by atoms with Crippen LogP contribution in [0.2, 0.25) is 10.3 Å². The van der Waals surface area contributed by atoms with Gasteiger partial charge >= 0.3 is 0 Å². The minimum Gasteiger partial charge on any atom is -0.503 e. The molecule has 0 unspecified atom stereocenters. The largest absolute Gasteiger partial charge is 0.503 e. The second kappa shape index (κ2) is 6.16. The van der Waals surface area contributed by atoms with E-state index in [4.69, 9.17) is 27.9 Å². The van der Waals surface area contributed by atoms with Crippen molar-refractivity contribution in [3.8, 4) is 22.9 Å². The molecule has 0 amide bonds. The monoisotopic (exact) mass is 376 g/mol. The van der Waals surface area contributed by atoms with Crippen LogP contribution >= 0.6 is 39.1 Å². The number of hydrogen-bond acceptors (Lipinski definition) is 4. The summed E-state index contributed by atoms with van der Waals surface area (Å²) in [4.78, 5) is 8.47. The molecule has 1 N–H and O–H groups in total. The summed E-state index contributed by atoms with van der Waals surface area (Å²) in [7, 11) is 1.46. The van der Waals surface area contributed by atoms with Crippen LogP contribution in [-0.4, -0.2) is 22.2 Å². The quantitative estimate of drug-likeness (QED) is 0.800. The first-order valence-corrected chi connectivity index (χ1v) is 7.31. The molecule has 106 valence electrons. The van der Waals surface area contributed by atoms with Crippen molar-refractivity contribution in [1.29, 1.82) is 0 Å². The third kappa shape index (κ3) is 2.85. The number of phenols is 1. The van der Waals surface area contributed by atoms with Gasteiger partial charge in [-0.1, -0.05) is 30.1 Å². The summed E-state index contributed by atoms with van der Waals surface area (Å²) in [6, 6.07) is 3.29. The van der Waals surface area contributed by atoms with Crippen LogP contribution < -0.4 is 4.74 Å². The molecule has 4 nitrogen and oxygen atoms in total. The number of phenolic OH excluding ortho intramolecular Hbond substituents is 1. The first-order chi connectivity index (χ1) is 9.47. The Hall–Kier alpha value is -1.04. The highest BCUT2D eigenvalue weighted by atomic mass is 79.9. The fourth-order valence-electron chi connectivity index (χ4n) is 1.71. The minimum atomic E-state index is 0.0126. The molecule has 0 saturated heterocycles. The van der Waals surface area contributed by atoms with Crippen molar-refractivity contribution < 1.29 is 9.84 Å². The van der Waals surface area contributed by atoms with E-state index in [1.807, 2.05) is 6.92 Å². The van der Waals surface area contributed by atoms with Crippen molar-refractivity contribution in [3.05, 3.63) is 32.5 Å². The highest BCUT2D eigenvalue weighted by Gasteiger charge is 2.15. The van der Waals surface area contributed by atoms with E-state index in [0.29, 0.717) is 43.9 Å². The van der Waals surface area contributed by atoms with Gasteiger partial charge in [0.1, 0.15) is 10.3 Å². The van der Waals surface area contributed by atoms with Crippen molar-refractivity contribution in [2.24, 2.45) is 0 Å². The van der Waals surface area contributed by atoms with E-state index in [9.17, 15) is 5.11 Å². The summed E-state index contributed by atoms with van der Waals surface area (Å²) in [5.41, 5.74) is 1.35. The summed E-state index contributed by atoms with van der Waals surface area (Å²) >= 11 is 15.5. The van der Waals surface area contributed by atoms with Gasteiger partial charge in [-0.3, -0.25) is 0 Å². The summed E-state index contributed by atoms with van der Waals surface area (Å²) in [6.07, 6.45) is 0.653. The molecular weight excluding hydrogens is 367 g/mol. The number of hydrogen-bond donors (Lipinski definition) is 1. The molecule has 0 aliphatic carbocycles. The highest BCUT2D eigenvalue weighted by molar-refractivity contribution is 9.10. The number of nitrogens with zero attached hydrogens (tertiary/aromatic N) is 2. The third-order valence-electron chi connectivity index (χ3n) is 2.77. The maximum atomic E-state index is 9.80. The van der Waals surface area contributed by atoms with Crippen LogP contribution in [-0.2, 0) is 6.42 Å². The number of rotatable bonds is 3. The van der Waals surface area contributed by atoms with Crippen molar-refractivity contribution in [1.82, 2.24) is 9.97 Å². The molecule has 0 aliphatic heterocycles. The van der Waals surface area contributed by atoms with Crippen LogP contribution in [0.5, 0.6) is 11.5 Å². The van der Waals surface area contributed by atoms with E-state index >= 15 is 0 Å². The molecule has 0 spiro atoms. The molecular formula is C13H11BrCl2N2O2. The Kier molecular flexibility index (Phi) is 4.73. The normalized spacial score (nSPS) is 10.7. The van der Waals surface area contributed by atoms with E-state index in [1.54, 1.807) is 12.1 Å². The van der Waals surface area contributed by atoms with Crippen LogP contribution in [0.4, 0.5) is 0 Å². The Morgan fingerprint density at radius 1 is 1.25 bits per heavy atom. The lowest BCUT2D eigenvalue weighted by Crippen LogP contribution is -1.97. The smallest absolute Gasteiger partial charge is 0.172 e. The molecule has 0 aliphatic rings. The van der Waals surface area contributed by atoms with Gasteiger partial charge < -0.3 is 9.84 Å². The molecule has 1 heterocycles. The van der Waals surface area contributed by atoms with Gasteiger partial charge in [0, 0.05) is 11.1 Å². The lowest BCUT2D eigenvalue weighted by Gasteiger charge is -2.10. The summed E-state index contributed by atoms with van der Waals surface area (Å²) in [6.45, 7) is 1.93. The molecule has 0 radical (unpaired) electrons. The zero-order valence-electron chi connectivity index (χ0n) is 10.7. The van der Waals surface area contributed by atoms with Crippen molar-refractivity contribution in [2.45, 2.75) is 13.3 Å². The molecule has 1 aromatic heterocycles.